The van der Waals surface area contributed by atoms with Crippen molar-refractivity contribution in [2.75, 3.05) is 6.61 Å². The van der Waals surface area contributed by atoms with Crippen LogP contribution in [0.2, 0.25) is 0 Å². The Bertz CT molecular complexity index is 467. The highest BCUT2D eigenvalue weighted by atomic mass is 16.6. The number of nitro groups is 1. The summed E-state index contributed by atoms with van der Waals surface area (Å²) in [5, 5.41) is 21.3. The van der Waals surface area contributed by atoms with Crippen LogP contribution in [0.5, 0.6) is 5.75 Å². The first-order valence-electron chi connectivity index (χ1n) is 6.60. The molecule has 1 aliphatic carbocycles. The number of hydrogen-bond donors (Lipinski definition) is 1. The second kappa shape index (κ2) is 5.57. The number of aryl methyl sites for hydroxylation is 1. The van der Waals surface area contributed by atoms with E-state index in [9.17, 15) is 15.2 Å². The molecule has 1 aromatic rings. The van der Waals surface area contributed by atoms with Crippen molar-refractivity contribution in [1.29, 1.82) is 0 Å². The molecule has 0 amide bonds. The molecule has 5 heteroatoms. The summed E-state index contributed by atoms with van der Waals surface area (Å²) >= 11 is 0. The highest BCUT2D eigenvalue weighted by molar-refractivity contribution is 5.48. The van der Waals surface area contributed by atoms with E-state index >= 15 is 0 Å². The van der Waals surface area contributed by atoms with Crippen LogP contribution < -0.4 is 4.74 Å². The lowest BCUT2D eigenvalue weighted by Crippen LogP contribution is -2.37. The van der Waals surface area contributed by atoms with E-state index in [-0.39, 0.29) is 18.0 Å². The lowest BCUT2D eigenvalue weighted by atomic mass is 9.85. The van der Waals surface area contributed by atoms with E-state index in [4.69, 9.17) is 4.74 Å². The SMILES string of the molecule is Cc1ccc(OCC2(O)CCCCC2)c([N+](=O)[O-])c1. The van der Waals surface area contributed by atoms with Gasteiger partial charge in [-0.25, -0.2) is 0 Å². The molecular formula is C14H19NO4. The van der Waals surface area contributed by atoms with Crippen LogP contribution in [0.25, 0.3) is 0 Å². The third-order valence-electron chi connectivity index (χ3n) is 3.59. The molecule has 1 aromatic carbocycles. The van der Waals surface area contributed by atoms with Crippen molar-refractivity contribution in [3.05, 3.63) is 33.9 Å². The van der Waals surface area contributed by atoms with Gasteiger partial charge < -0.3 is 9.84 Å². The van der Waals surface area contributed by atoms with E-state index in [2.05, 4.69) is 0 Å². The fourth-order valence-corrected chi connectivity index (χ4v) is 2.46. The number of ether oxygens (including phenoxy) is 1. The fourth-order valence-electron chi connectivity index (χ4n) is 2.46. The molecule has 104 valence electrons. The summed E-state index contributed by atoms with van der Waals surface area (Å²) in [5.74, 6) is 0.231. The molecule has 5 nitrogen and oxygen atoms in total. The Morgan fingerprint density at radius 1 is 1.37 bits per heavy atom. The Kier molecular flexibility index (Phi) is 4.04. The molecule has 1 N–H and O–H groups in total. The van der Waals surface area contributed by atoms with Crippen LogP contribution in [0.4, 0.5) is 5.69 Å². The highest BCUT2D eigenvalue weighted by Crippen LogP contribution is 2.32. The van der Waals surface area contributed by atoms with E-state index in [1.54, 1.807) is 19.1 Å². The monoisotopic (exact) mass is 265 g/mol. The average Bonchev–Trinajstić information content (AvgIpc) is 2.38. The number of rotatable bonds is 4. The van der Waals surface area contributed by atoms with Crippen LogP contribution in [0, 0.1) is 17.0 Å². The largest absolute Gasteiger partial charge is 0.484 e. The third kappa shape index (κ3) is 3.44. The van der Waals surface area contributed by atoms with Crippen molar-refractivity contribution in [3.8, 4) is 5.75 Å². The first-order valence-corrected chi connectivity index (χ1v) is 6.60. The molecule has 0 heterocycles. The lowest BCUT2D eigenvalue weighted by molar-refractivity contribution is -0.386. The number of nitrogens with zero attached hydrogens (tertiary/aromatic N) is 1. The van der Waals surface area contributed by atoms with Gasteiger partial charge >= 0.3 is 5.69 Å². The van der Waals surface area contributed by atoms with Crippen molar-refractivity contribution in [2.45, 2.75) is 44.6 Å². The molecule has 0 aromatic heterocycles. The topological polar surface area (TPSA) is 72.6 Å². The van der Waals surface area contributed by atoms with Crippen molar-refractivity contribution in [2.24, 2.45) is 0 Å². The Balaban J connectivity index is 2.08. The zero-order chi connectivity index (χ0) is 13.9. The maximum atomic E-state index is 11.0. The Hall–Kier alpha value is -1.62. The Morgan fingerprint density at radius 2 is 2.05 bits per heavy atom. The predicted octanol–water partition coefficient (Wildman–Crippen LogP) is 2.98. The normalized spacial score (nSPS) is 18.0. The average molecular weight is 265 g/mol. The quantitative estimate of drug-likeness (QED) is 0.671. The highest BCUT2D eigenvalue weighted by Gasteiger charge is 2.30. The van der Waals surface area contributed by atoms with Crippen molar-refractivity contribution < 1.29 is 14.8 Å². The molecule has 2 rings (SSSR count). The van der Waals surface area contributed by atoms with E-state index < -0.39 is 10.5 Å². The number of hydrogen-bond acceptors (Lipinski definition) is 4. The van der Waals surface area contributed by atoms with Gasteiger partial charge in [-0.2, -0.15) is 0 Å². The summed E-state index contributed by atoms with van der Waals surface area (Å²) in [7, 11) is 0. The van der Waals surface area contributed by atoms with Gasteiger partial charge in [-0.05, 0) is 31.4 Å². The van der Waals surface area contributed by atoms with Gasteiger partial charge in [-0.1, -0.05) is 25.3 Å². The molecule has 0 unspecified atom stereocenters. The van der Waals surface area contributed by atoms with E-state index in [0.717, 1.165) is 24.8 Å². The first kappa shape index (κ1) is 13.8. The molecular weight excluding hydrogens is 246 g/mol. The zero-order valence-corrected chi connectivity index (χ0v) is 11.1. The smallest absolute Gasteiger partial charge is 0.311 e. The maximum absolute atomic E-state index is 11.0. The summed E-state index contributed by atoms with van der Waals surface area (Å²) in [5.41, 5.74) is -0.0633. The van der Waals surface area contributed by atoms with Gasteiger partial charge in [-0.3, -0.25) is 10.1 Å². The molecule has 1 aliphatic rings. The van der Waals surface area contributed by atoms with E-state index in [0.29, 0.717) is 12.8 Å². The van der Waals surface area contributed by atoms with Gasteiger partial charge in [0.2, 0.25) is 0 Å². The molecule has 1 saturated carbocycles. The summed E-state index contributed by atoms with van der Waals surface area (Å²) in [6, 6.07) is 4.85. The van der Waals surface area contributed by atoms with Crippen LogP contribution in [-0.2, 0) is 0 Å². The standard InChI is InChI=1S/C14H19NO4/c1-11-5-6-13(12(9-11)15(17)18)19-10-14(16)7-3-2-4-8-14/h5-6,9,16H,2-4,7-8,10H2,1H3. The van der Waals surface area contributed by atoms with Gasteiger partial charge in [0, 0.05) is 6.07 Å². The fraction of sp³-hybridized carbons (Fsp3) is 0.571. The van der Waals surface area contributed by atoms with Crippen molar-refractivity contribution in [3.63, 3.8) is 0 Å². The number of benzene rings is 1. The molecule has 0 bridgehead atoms. The molecule has 19 heavy (non-hydrogen) atoms. The molecule has 0 spiro atoms. The van der Waals surface area contributed by atoms with E-state index in [1.165, 1.54) is 6.07 Å². The predicted molar refractivity (Wildman–Crippen MR) is 71.4 cm³/mol. The third-order valence-corrected chi connectivity index (χ3v) is 3.59. The van der Waals surface area contributed by atoms with Gasteiger partial charge in [0.1, 0.15) is 6.61 Å². The van der Waals surface area contributed by atoms with E-state index in [1.807, 2.05) is 0 Å². The van der Waals surface area contributed by atoms with Crippen LogP contribution in [0.1, 0.15) is 37.7 Å². The molecule has 1 fully saturated rings. The molecule has 0 radical (unpaired) electrons. The number of nitro benzene ring substituents is 1. The zero-order valence-electron chi connectivity index (χ0n) is 11.1. The summed E-state index contributed by atoms with van der Waals surface area (Å²) in [4.78, 5) is 10.5. The van der Waals surface area contributed by atoms with Crippen molar-refractivity contribution >= 4 is 5.69 Å². The minimum atomic E-state index is -0.836. The van der Waals surface area contributed by atoms with Crippen molar-refractivity contribution in [1.82, 2.24) is 0 Å². The number of aliphatic hydroxyl groups is 1. The summed E-state index contributed by atoms with van der Waals surface area (Å²) in [6.45, 7) is 1.92. The van der Waals surface area contributed by atoms with Gasteiger partial charge in [0.25, 0.3) is 0 Å². The molecule has 0 aliphatic heterocycles. The van der Waals surface area contributed by atoms with Crippen LogP contribution >= 0.6 is 0 Å². The van der Waals surface area contributed by atoms with Gasteiger partial charge in [0.05, 0.1) is 10.5 Å². The lowest BCUT2D eigenvalue weighted by Gasteiger charge is -2.31. The minimum Gasteiger partial charge on any atom is -0.484 e. The van der Waals surface area contributed by atoms with Gasteiger partial charge in [0.15, 0.2) is 5.75 Å². The van der Waals surface area contributed by atoms with Gasteiger partial charge in [-0.15, -0.1) is 0 Å². The summed E-state index contributed by atoms with van der Waals surface area (Å²) in [6.07, 6.45) is 4.50. The molecule has 0 atom stereocenters. The minimum absolute atomic E-state index is 0.0422. The summed E-state index contributed by atoms with van der Waals surface area (Å²) < 4.78 is 5.50. The Labute approximate surface area is 112 Å². The maximum Gasteiger partial charge on any atom is 0.311 e. The second-order valence-electron chi connectivity index (χ2n) is 5.30. The molecule has 0 saturated heterocycles. The second-order valence-corrected chi connectivity index (χ2v) is 5.30. The van der Waals surface area contributed by atoms with Crippen LogP contribution in [0.3, 0.4) is 0 Å². The Morgan fingerprint density at radius 3 is 2.68 bits per heavy atom. The first-order chi connectivity index (χ1) is 9.00. The van der Waals surface area contributed by atoms with Crippen LogP contribution in [-0.4, -0.2) is 22.2 Å². The van der Waals surface area contributed by atoms with Crippen LogP contribution in [0.15, 0.2) is 18.2 Å².